The van der Waals surface area contributed by atoms with E-state index in [2.05, 4.69) is 21.8 Å². The fourth-order valence-corrected chi connectivity index (χ4v) is 2.84. The van der Waals surface area contributed by atoms with Crippen molar-refractivity contribution >= 4 is 5.97 Å². The summed E-state index contributed by atoms with van der Waals surface area (Å²) in [6.07, 6.45) is 7.17. The summed E-state index contributed by atoms with van der Waals surface area (Å²) in [7, 11) is 0. The Morgan fingerprint density at radius 1 is 1.50 bits per heavy atom. The molecule has 1 fully saturated rings. The smallest absolute Gasteiger partial charge is 0.309 e. The summed E-state index contributed by atoms with van der Waals surface area (Å²) in [4.78, 5) is 22.2. The van der Waals surface area contributed by atoms with Gasteiger partial charge in [0.1, 0.15) is 0 Å². The topological polar surface area (TPSA) is 66.3 Å². The van der Waals surface area contributed by atoms with Crippen LogP contribution in [0.15, 0.2) is 18.6 Å². The van der Waals surface area contributed by atoms with Crippen LogP contribution in [0.5, 0.6) is 0 Å². The largest absolute Gasteiger partial charge is 0.481 e. The highest BCUT2D eigenvalue weighted by atomic mass is 16.4. The van der Waals surface area contributed by atoms with Gasteiger partial charge in [-0.3, -0.25) is 19.7 Å². The number of carboxylic acid groups (broad SMARTS) is 1. The Hall–Kier alpha value is -1.49. The van der Waals surface area contributed by atoms with E-state index < -0.39 is 11.4 Å². The van der Waals surface area contributed by atoms with Crippen LogP contribution in [-0.4, -0.2) is 39.0 Å². The highest BCUT2D eigenvalue weighted by Crippen LogP contribution is 2.36. The van der Waals surface area contributed by atoms with E-state index >= 15 is 0 Å². The molecule has 110 valence electrons. The SMILES string of the molecule is CC(c1cnccn1)N1CCCC(C(C)(C)C(=O)O)C1. The van der Waals surface area contributed by atoms with Gasteiger partial charge in [-0.1, -0.05) is 0 Å². The van der Waals surface area contributed by atoms with Crippen molar-refractivity contribution in [1.82, 2.24) is 14.9 Å². The molecule has 1 aromatic rings. The van der Waals surface area contributed by atoms with Gasteiger partial charge in [-0.25, -0.2) is 0 Å². The molecule has 0 aromatic carbocycles. The zero-order valence-electron chi connectivity index (χ0n) is 12.4. The summed E-state index contributed by atoms with van der Waals surface area (Å²) in [6, 6.07) is 0.177. The molecule has 1 N–H and O–H groups in total. The Balaban J connectivity index is 2.09. The molecule has 5 heteroatoms. The maximum absolute atomic E-state index is 11.4. The third-order valence-corrected chi connectivity index (χ3v) is 4.58. The molecule has 1 saturated heterocycles. The average Bonchev–Trinajstić information content (AvgIpc) is 2.47. The van der Waals surface area contributed by atoms with E-state index in [4.69, 9.17) is 0 Å². The van der Waals surface area contributed by atoms with Crippen molar-refractivity contribution in [2.24, 2.45) is 11.3 Å². The van der Waals surface area contributed by atoms with Crippen LogP contribution in [0.25, 0.3) is 0 Å². The summed E-state index contributed by atoms with van der Waals surface area (Å²) in [6.45, 7) is 7.56. The van der Waals surface area contributed by atoms with E-state index in [-0.39, 0.29) is 12.0 Å². The average molecular weight is 277 g/mol. The van der Waals surface area contributed by atoms with Crippen molar-refractivity contribution in [2.45, 2.75) is 39.7 Å². The number of hydrogen-bond donors (Lipinski definition) is 1. The second-order valence-electron chi connectivity index (χ2n) is 6.17. The van der Waals surface area contributed by atoms with Gasteiger partial charge in [0.25, 0.3) is 0 Å². The van der Waals surface area contributed by atoms with Gasteiger partial charge in [-0.2, -0.15) is 0 Å². The van der Waals surface area contributed by atoms with Crippen molar-refractivity contribution in [2.75, 3.05) is 13.1 Å². The van der Waals surface area contributed by atoms with Crippen LogP contribution < -0.4 is 0 Å². The van der Waals surface area contributed by atoms with Gasteiger partial charge in [0.2, 0.25) is 0 Å². The third-order valence-electron chi connectivity index (χ3n) is 4.58. The van der Waals surface area contributed by atoms with Gasteiger partial charge in [-0.15, -0.1) is 0 Å². The molecular formula is C15H23N3O2. The van der Waals surface area contributed by atoms with Crippen molar-refractivity contribution in [3.63, 3.8) is 0 Å². The Kier molecular flexibility index (Phi) is 4.38. The van der Waals surface area contributed by atoms with Gasteiger partial charge in [0.05, 0.1) is 17.2 Å². The van der Waals surface area contributed by atoms with E-state index in [0.29, 0.717) is 0 Å². The van der Waals surface area contributed by atoms with Crippen molar-refractivity contribution in [3.05, 3.63) is 24.3 Å². The zero-order chi connectivity index (χ0) is 14.8. The molecule has 1 aliphatic rings. The first-order valence-corrected chi connectivity index (χ1v) is 7.16. The lowest BCUT2D eigenvalue weighted by molar-refractivity contribution is -0.151. The summed E-state index contributed by atoms with van der Waals surface area (Å²) in [5.41, 5.74) is 0.266. The van der Waals surface area contributed by atoms with Crippen LogP contribution in [0, 0.1) is 11.3 Å². The molecule has 2 unspecified atom stereocenters. The lowest BCUT2D eigenvalue weighted by atomic mass is 9.74. The molecule has 1 aromatic heterocycles. The van der Waals surface area contributed by atoms with Gasteiger partial charge < -0.3 is 5.11 Å². The summed E-state index contributed by atoms with van der Waals surface area (Å²) < 4.78 is 0. The number of aliphatic carboxylic acids is 1. The fourth-order valence-electron chi connectivity index (χ4n) is 2.84. The zero-order valence-corrected chi connectivity index (χ0v) is 12.4. The summed E-state index contributed by atoms with van der Waals surface area (Å²) in [5.74, 6) is -0.538. The number of hydrogen-bond acceptors (Lipinski definition) is 4. The summed E-state index contributed by atoms with van der Waals surface area (Å²) in [5, 5.41) is 9.39. The van der Waals surface area contributed by atoms with Gasteiger partial charge >= 0.3 is 5.97 Å². The number of carboxylic acids is 1. The number of carbonyl (C=O) groups is 1. The van der Waals surface area contributed by atoms with E-state index in [9.17, 15) is 9.90 Å². The van der Waals surface area contributed by atoms with Crippen LogP contribution in [0.1, 0.15) is 45.3 Å². The molecule has 0 spiro atoms. The predicted molar refractivity (Wildman–Crippen MR) is 76.2 cm³/mol. The van der Waals surface area contributed by atoms with Gasteiger partial charge in [-0.05, 0) is 46.1 Å². The molecule has 2 rings (SSSR count). The molecule has 0 amide bonds. The molecule has 1 aliphatic heterocycles. The van der Waals surface area contributed by atoms with Gasteiger partial charge in [0.15, 0.2) is 0 Å². The number of aromatic nitrogens is 2. The number of rotatable bonds is 4. The van der Waals surface area contributed by atoms with Crippen LogP contribution in [0.2, 0.25) is 0 Å². The summed E-state index contributed by atoms with van der Waals surface area (Å²) >= 11 is 0. The van der Waals surface area contributed by atoms with Crippen LogP contribution in [0.4, 0.5) is 0 Å². The number of likely N-dealkylation sites (tertiary alicyclic amines) is 1. The van der Waals surface area contributed by atoms with E-state index in [1.165, 1.54) is 0 Å². The monoisotopic (exact) mass is 277 g/mol. The van der Waals surface area contributed by atoms with Crippen LogP contribution in [0.3, 0.4) is 0 Å². The highest BCUT2D eigenvalue weighted by molar-refractivity contribution is 5.74. The minimum atomic E-state index is -0.712. The molecule has 2 heterocycles. The first-order chi connectivity index (χ1) is 9.43. The Labute approximate surface area is 120 Å². The number of piperidine rings is 1. The van der Waals surface area contributed by atoms with Crippen molar-refractivity contribution in [3.8, 4) is 0 Å². The Morgan fingerprint density at radius 2 is 2.25 bits per heavy atom. The lowest BCUT2D eigenvalue weighted by Crippen LogP contribution is -2.45. The molecule has 0 aliphatic carbocycles. The molecular weight excluding hydrogens is 254 g/mol. The highest BCUT2D eigenvalue weighted by Gasteiger charge is 2.40. The third kappa shape index (κ3) is 2.98. The first kappa shape index (κ1) is 14.9. The maximum atomic E-state index is 11.4. The predicted octanol–water partition coefficient (Wildman–Crippen LogP) is 2.36. The fraction of sp³-hybridized carbons (Fsp3) is 0.667. The quantitative estimate of drug-likeness (QED) is 0.915. The Morgan fingerprint density at radius 3 is 2.85 bits per heavy atom. The molecule has 0 bridgehead atoms. The Bertz CT molecular complexity index is 461. The van der Waals surface area contributed by atoms with E-state index in [1.54, 1.807) is 18.6 Å². The number of nitrogens with zero attached hydrogens (tertiary/aromatic N) is 3. The minimum Gasteiger partial charge on any atom is -0.481 e. The van der Waals surface area contributed by atoms with Crippen LogP contribution in [-0.2, 0) is 4.79 Å². The molecule has 20 heavy (non-hydrogen) atoms. The van der Waals surface area contributed by atoms with Crippen molar-refractivity contribution < 1.29 is 9.90 Å². The first-order valence-electron chi connectivity index (χ1n) is 7.16. The second kappa shape index (κ2) is 5.87. The normalized spacial score (nSPS) is 22.4. The maximum Gasteiger partial charge on any atom is 0.309 e. The second-order valence-corrected chi connectivity index (χ2v) is 6.17. The van der Waals surface area contributed by atoms with E-state index in [0.717, 1.165) is 31.6 Å². The van der Waals surface area contributed by atoms with Crippen molar-refractivity contribution in [1.29, 1.82) is 0 Å². The lowest BCUT2D eigenvalue weighted by Gasteiger charge is -2.41. The van der Waals surface area contributed by atoms with Gasteiger partial charge in [0, 0.05) is 25.1 Å². The molecule has 0 saturated carbocycles. The minimum absolute atomic E-state index is 0.174. The standard InChI is InChI=1S/C15H23N3O2/c1-11(13-9-16-6-7-17-13)18-8-4-5-12(10-18)15(2,3)14(19)20/h6-7,9,11-12H,4-5,8,10H2,1-3H3,(H,19,20). The molecule has 2 atom stereocenters. The van der Waals surface area contributed by atoms with E-state index in [1.807, 2.05) is 13.8 Å². The van der Waals surface area contributed by atoms with Crippen LogP contribution >= 0.6 is 0 Å². The molecule has 0 radical (unpaired) electrons. The molecule has 5 nitrogen and oxygen atoms in total.